The quantitative estimate of drug-likeness (QED) is 0.554. The van der Waals surface area contributed by atoms with Crippen molar-refractivity contribution >= 4 is 35.1 Å². The molecule has 0 unspecified atom stereocenters. The molecule has 3 rings (SSSR count). The van der Waals surface area contributed by atoms with Gasteiger partial charge in [-0.3, -0.25) is 0 Å². The number of nitrogens with one attached hydrogen (secondary N) is 2. The van der Waals surface area contributed by atoms with Crippen LogP contribution in [0.5, 0.6) is 0 Å². The molecule has 0 saturated carbocycles. The number of nitrogens with zero attached hydrogens (tertiary/aromatic N) is 3. The molecular formula is C16H15ClF3N5O. The molecule has 10 heteroatoms. The third-order valence-electron chi connectivity index (χ3n) is 3.96. The minimum Gasteiger partial charge on any atom is -0.391 e. The molecule has 1 aromatic heterocycles. The minimum atomic E-state index is -4.47. The molecule has 1 fully saturated rings. The highest BCUT2D eigenvalue weighted by Gasteiger charge is 2.30. The Hall–Kier alpha value is -2.39. The maximum absolute atomic E-state index is 12.9. The summed E-state index contributed by atoms with van der Waals surface area (Å²) in [5.41, 5.74) is -0.368. The molecule has 2 aromatic rings. The van der Waals surface area contributed by atoms with Crippen LogP contribution in [0.3, 0.4) is 0 Å². The van der Waals surface area contributed by atoms with Gasteiger partial charge in [0, 0.05) is 25.0 Å². The highest BCUT2D eigenvalue weighted by molar-refractivity contribution is 6.28. The summed E-state index contributed by atoms with van der Waals surface area (Å²) in [7, 11) is 0. The van der Waals surface area contributed by atoms with Crippen molar-refractivity contribution in [2.45, 2.75) is 18.7 Å². The van der Waals surface area contributed by atoms with Gasteiger partial charge in [-0.15, -0.1) is 0 Å². The number of aliphatic hydroxyl groups is 1. The van der Waals surface area contributed by atoms with Gasteiger partial charge in [0.05, 0.1) is 17.2 Å². The predicted octanol–water partition coefficient (Wildman–Crippen LogP) is 3.46. The summed E-state index contributed by atoms with van der Waals surface area (Å²) in [4.78, 5) is 9.88. The second-order valence-corrected chi connectivity index (χ2v) is 6.15. The number of aromatic nitrogens is 2. The maximum Gasteiger partial charge on any atom is 0.416 e. The highest BCUT2D eigenvalue weighted by Crippen LogP contribution is 2.33. The van der Waals surface area contributed by atoms with Crippen molar-refractivity contribution in [3.05, 3.63) is 40.7 Å². The lowest BCUT2D eigenvalue weighted by molar-refractivity contribution is -0.137. The van der Waals surface area contributed by atoms with Gasteiger partial charge in [0.25, 0.3) is 0 Å². The van der Waals surface area contributed by atoms with Crippen LogP contribution in [0.1, 0.15) is 17.5 Å². The van der Waals surface area contributed by atoms with E-state index in [1.807, 2.05) is 0 Å². The summed E-state index contributed by atoms with van der Waals surface area (Å²) in [5, 5.41) is 20.0. The molecule has 1 saturated heterocycles. The van der Waals surface area contributed by atoms with Crippen LogP contribution in [0.2, 0.25) is 5.28 Å². The zero-order chi connectivity index (χ0) is 18.9. The fourth-order valence-electron chi connectivity index (χ4n) is 2.74. The molecule has 0 radical (unpaired) electrons. The van der Waals surface area contributed by atoms with Crippen molar-refractivity contribution in [1.82, 2.24) is 9.97 Å². The molecule has 6 nitrogen and oxygen atoms in total. The number of rotatable bonds is 4. The fraction of sp³-hybridized carbons (Fsp3) is 0.312. The first-order valence-electron chi connectivity index (χ1n) is 7.73. The molecule has 0 amide bonds. The van der Waals surface area contributed by atoms with E-state index in [4.69, 9.17) is 17.0 Å². The summed E-state index contributed by atoms with van der Waals surface area (Å²) < 4.78 is 38.6. The van der Waals surface area contributed by atoms with Crippen LogP contribution < -0.4 is 10.2 Å². The second kappa shape index (κ2) is 7.08. The van der Waals surface area contributed by atoms with Crippen molar-refractivity contribution in [2.75, 3.05) is 23.3 Å². The number of hydrogen-bond acceptors (Lipinski definition) is 6. The molecular weight excluding hydrogens is 371 g/mol. The molecule has 0 bridgehead atoms. The van der Waals surface area contributed by atoms with Crippen LogP contribution in [0.15, 0.2) is 24.3 Å². The Kier molecular flexibility index (Phi) is 5.01. The van der Waals surface area contributed by atoms with Crippen LogP contribution in [0.4, 0.5) is 30.5 Å². The Morgan fingerprint density at radius 3 is 2.73 bits per heavy atom. The molecule has 1 aliphatic heterocycles. The zero-order valence-electron chi connectivity index (χ0n) is 13.4. The average Bonchev–Trinajstić information content (AvgIpc) is 3.00. The second-order valence-electron chi connectivity index (χ2n) is 5.81. The van der Waals surface area contributed by atoms with Crippen LogP contribution in [-0.2, 0) is 6.18 Å². The number of halogens is 4. The Bertz CT molecular complexity index is 830. The molecule has 1 aliphatic rings. The van der Waals surface area contributed by atoms with Gasteiger partial charge in [-0.05, 0) is 36.2 Å². The monoisotopic (exact) mass is 385 g/mol. The van der Waals surface area contributed by atoms with E-state index in [9.17, 15) is 18.3 Å². The molecule has 3 N–H and O–H groups in total. The first kappa shape index (κ1) is 18.4. The van der Waals surface area contributed by atoms with E-state index >= 15 is 0 Å². The van der Waals surface area contributed by atoms with Crippen molar-refractivity contribution in [3.8, 4) is 0 Å². The standard InChI is InChI=1S/C16H15ClF3N5O/c17-15-23-13(22-10-3-1-2-9(6-10)16(18,19)20)12(7-21)14(24-15)25-5-4-11(26)8-25/h1-3,6-7,11,21,26H,4-5,8H2,(H,22,23,24)/t11-/m0/s1. The topological polar surface area (TPSA) is 85.1 Å². The summed E-state index contributed by atoms with van der Waals surface area (Å²) in [6, 6.07) is 4.64. The van der Waals surface area contributed by atoms with Crippen LogP contribution in [-0.4, -0.2) is 40.5 Å². The number of aliphatic hydroxyl groups excluding tert-OH is 1. The molecule has 0 spiro atoms. The number of anilines is 3. The van der Waals surface area contributed by atoms with E-state index in [1.165, 1.54) is 12.1 Å². The normalized spacial score (nSPS) is 17.4. The first-order chi connectivity index (χ1) is 12.3. The van der Waals surface area contributed by atoms with E-state index in [0.29, 0.717) is 25.3 Å². The van der Waals surface area contributed by atoms with Gasteiger partial charge < -0.3 is 20.7 Å². The Balaban J connectivity index is 1.98. The molecule has 26 heavy (non-hydrogen) atoms. The lowest BCUT2D eigenvalue weighted by atomic mass is 10.2. The molecule has 0 aliphatic carbocycles. The van der Waals surface area contributed by atoms with Gasteiger partial charge in [0.2, 0.25) is 5.28 Å². The molecule has 2 heterocycles. The highest BCUT2D eigenvalue weighted by atomic mass is 35.5. The Morgan fingerprint density at radius 2 is 2.12 bits per heavy atom. The summed E-state index contributed by atoms with van der Waals surface area (Å²) >= 11 is 5.96. The predicted molar refractivity (Wildman–Crippen MR) is 92.5 cm³/mol. The van der Waals surface area contributed by atoms with Crippen molar-refractivity contribution < 1.29 is 18.3 Å². The maximum atomic E-state index is 12.9. The van der Waals surface area contributed by atoms with E-state index in [0.717, 1.165) is 18.3 Å². The van der Waals surface area contributed by atoms with E-state index in [-0.39, 0.29) is 22.4 Å². The average molecular weight is 386 g/mol. The largest absolute Gasteiger partial charge is 0.416 e. The van der Waals surface area contributed by atoms with Gasteiger partial charge in [0.15, 0.2) is 0 Å². The summed E-state index contributed by atoms with van der Waals surface area (Å²) in [6.45, 7) is 0.857. The van der Waals surface area contributed by atoms with Gasteiger partial charge in [-0.1, -0.05) is 6.07 Å². The SMILES string of the molecule is N=Cc1c(Nc2cccc(C(F)(F)F)c2)nc(Cl)nc1N1CC[C@H](O)C1. The molecule has 138 valence electrons. The first-order valence-corrected chi connectivity index (χ1v) is 8.11. The van der Waals surface area contributed by atoms with E-state index < -0.39 is 17.8 Å². The molecule has 1 aromatic carbocycles. The Labute approximate surface area is 152 Å². The zero-order valence-corrected chi connectivity index (χ0v) is 14.1. The van der Waals surface area contributed by atoms with Crippen LogP contribution >= 0.6 is 11.6 Å². The smallest absolute Gasteiger partial charge is 0.391 e. The third kappa shape index (κ3) is 3.88. The third-order valence-corrected chi connectivity index (χ3v) is 4.13. The fourth-order valence-corrected chi connectivity index (χ4v) is 2.91. The van der Waals surface area contributed by atoms with Crippen molar-refractivity contribution in [2.24, 2.45) is 0 Å². The number of alkyl halides is 3. The Morgan fingerprint density at radius 1 is 1.35 bits per heavy atom. The van der Waals surface area contributed by atoms with Crippen LogP contribution in [0, 0.1) is 5.41 Å². The van der Waals surface area contributed by atoms with E-state index in [2.05, 4.69) is 15.3 Å². The number of hydrogen-bond donors (Lipinski definition) is 3. The van der Waals surface area contributed by atoms with Crippen molar-refractivity contribution in [1.29, 1.82) is 5.41 Å². The lowest BCUT2D eigenvalue weighted by Gasteiger charge is -2.21. The van der Waals surface area contributed by atoms with Gasteiger partial charge >= 0.3 is 6.18 Å². The molecule has 1 atom stereocenters. The number of benzene rings is 1. The van der Waals surface area contributed by atoms with E-state index in [1.54, 1.807) is 4.90 Å². The van der Waals surface area contributed by atoms with Crippen LogP contribution in [0.25, 0.3) is 0 Å². The van der Waals surface area contributed by atoms with Gasteiger partial charge in [-0.25, -0.2) is 0 Å². The van der Waals surface area contributed by atoms with Crippen molar-refractivity contribution in [3.63, 3.8) is 0 Å². The lowest BCUT2D eigenvalue weighted by Crippen LogP contribution is -2.24. The number of β-amino-alcohol motifs (C(OH)–C–C–N with tert-alkyl or cyclic N) is 1. The summed E-state index contributed by atoms with van der Waals surface area (Å²) in [5.74, 6) is 0.474. The summed E-state index contributed by atoms with van der Waals surface area (Å²) in [6.07, 6.45) is -3.42. The van der Waals surface area contributed by atoms with Gasteiger partial charge in [0.1, 0.15) is 11.6 Å². The van der Waals surface area contributed by atoms with Gasteiger partial charge in [-0.2, -0.15) is 23.1 Å². The minimum absolute atomic E-state index is 0.110.